The van der Waals surface area contributed by atoms with Gasteiger partial charge in [-0.3, -0.25) is 14.4 Å². The van der Waals surface area contributed by atoms with Crippen LogP contribution in [0, 0.1) is 17.8 Å². The smallest absolute Gasteiger partial charge is 0.306 e. The van der Waals surface area contributed by atoms with Gasteiger partial charge < -0.3 is 14.2 Å². The van der Waals surface area contributed by atoms with Crippen LogP contribution in [0.4, 0.5) is 0 Å². The van der Waals surface area contributed by atoms with Crippen molar-refractivity contribution in [2.45, 2.75) is 304 Å². The summed E-state index contributed by atoms with van der Waals surface area (Å²) in [6.45, 7) is 13.7. The highest BCUT2D eigenvalue weighted by atomic mass is 16.6. The van der Waals surface area contributed by atoms with E-state index in [0.717, 1.165) is 75.5 Å². The molecule has 0 N–H and O–H groups in total. The van der Waals surface area contributed by atoms with Crippen molar-refractivity contribution in [2.75, 3.05) is 13.2 Å². The number of hydrogen-bond acceptors (Lipinski definition) is 6. The molecular weight excluding hydrogens is 757 g/mol. The molecule has 6 nitrogen and oxygen atoms in total. The number of rotatable bonds is 48. The van der Waals surface area contributed by atoms with E-state index in [-0.39, 0.29) is 31.1 Å². The van der Waals surface area contributed by atoms with Crippen LogP contribution in [-0.4, -0.2) is 37.2 Å². The second kappa shape index (κ2) is 46.4. The minimum atomic E-state index is -0.763. The van der Waals surface area contributed by atoms with Crippen LogP contribution in [0.15, 0.2) is 0 Å². The molecule has 6 heteroatoms. The Hall–Kier alpha value is -1.59. The topological polar surface area (TPSA) is 78.9 Å². The SMILES string of the molecule is CC(C)CCCCCCCCCCCCCCCCCCCCC(=O)O[C@H](COC(=O)CCCCCCCCCCCCC(C)C)COC(=O)CCCCCCCCC(C)C. The van der Waals surface area contributed by atoms with E-state index in [0.29, 0.717) is 19.3 Å². The molecule has 0 fully saturated rings. The number of hydrogen-bond donors (Lipinski definition) is 0. The summed E-state index contributed by atoms with van der Waals surface area (Å²) >= 11 is 0. The number of ether oxygens (including phenoxy) is 3. The molecule has 0 heterocycles. The Kier molecular flexibility index (Phi) is 45.2. The van der Waals surface area contributed by atoms with Gasteiger partial charge in [0.2, 0.25) is 0 Å². The number of carbonyl (C=O) groups excluding carboxylic acids is 3. The molecule has 61 heavy (non-hydrogen) atoms. The second-order valence-corrected chi connectivity index (χ2v) is 20.3. The first-order valence-electron chi connectivity index (χ1n) is 27.1. The second-order valence-electron chi connectivity index (χ2n) is 20.3. The minimum absolute atomic E-state index is 0.0653. The maximum absolute atomic E-state index is 12.8. The minimum Gasteiger partial charge on any atom is -0.462 e. The van der Waals surface area contributed by atoms with Crippen molar-refractivity contribution in [3.63, 3.8) is 0 Å². The maximum atomic E-state index is 12.8. The summed E-state index contributed by atoms with van der Waals surface area (Å²) in [5.74, 6) is 1.58. The fourth-order valence-electron chi connectivity index (χ4n) is 8.29. The molecule has 0 aliphatic rings. The Morgan fingerprint density at radius 3 is 0.705 bits per heavy atom. The fourth-order valence-corrected chi connectivity index (χ4v) is 8.29. The molecule has 0 rings (SSSR count). The van der Waals surface area contributed by atoms with E-state index < -0.39 is 6.10 Å². The van der Waals surface area contributed by atoms with Gasteiger partial charge in [0.25, 0.3) is 0 Å². The van der Waals surface area contributed by atoms with Crippen molar-refractivity contribution in [3.05, 3.63) is 0 Å². The largest absolute Gasteiger partial charge is 0.462 e. The third-order valence-corrected chi connectivity index (χ3v) is 12.4. The van der Waals surface area contributed by atoms with Crippen molar-refractivity contribution in [2.24, 2.45) is 17.8 Å². The first-order valence-corrected chi connectivity index (χ1v) is 27.1. The summed E-state index contributed by atoms with van der Waals surface area (Å²) in [5.41, 5.74) is 0. The molecule has 0 aromatic carbocycles. The summed E-state index contributed by atoms with van der Waals surface area (Å²) < 4.78 is 16.8. The van der Waals surface area contributed by atoms with E-state index in [2.05, 4.69) is 41.5 Å². The van der Waals surface area contributed by atoms with Gasteiger partial charge >= 0.3 is 17.9 Å². The lowest BCUT2D eigenvalue weighted by atomic mass is 10.0. The zero-order valence-electron chi connectivity index (χ0n) is 42.0. The lowest BCUT2D eigenvalue weighted by Gasteiger charge is -2.18. The quantitative estimate of drug-likeness (QED) is 0.0344. The van der Waals surface area contributed by atoms with Gasteiger partial charge in [0.05, 0.1) is 0 Å². The maximum Gasteiger partial charge on any atom is 0.306 e. The van der Waals surface area contributed by atoms with Crippen LogP contribution >= 0.6 is 0 Å². The highest BCUT2D eigenvalue weighted by Crippen LogP contribution is 2.18. The van der Waals surface area contributed by atoms with E-state index in [4.69, 9.17) is 14.2 Å². The highest BCUT2D eigenvalue weighted by molar-refractivity contribution is 5.71. The first-order chi connectivity index (χ1) is 29.6. The van der Waals surface area contributed by atoms with Crippen LogP contribution in [0.5, 0.6) is 0 Å². The van der Waals surface area contributed by atoms with Crippen molar-refractivity contribution >= 4 is 17.9 Å². The Balaban J connectivity index is 4.21. The molecule has 0 bridgehead atoms. The van der Waals surface area contributed by atoms with Crippen molar-refractivity contribution in [1.82, 2.24) is 0 Å². The zero-order valence-corrected chi connectivity index (χ0v) is 42.0. The van der Waals surface area contributed by atoms with Gasteiger partial charge in [0.1, 0.15) is 13.2 Å². The molecular formula is C55H106O6. The van der Waals surface area contributed by atoms with Gasteiger partial charge in [-0.05, 0) is 37.0 Å². The predicted octanol–water partition coefficient (Wildman–Crippen LogP) is 17.6. The molecule has 0 saturated carbocycles. The summed E-state index contributed by atoms with van der Waals surface area (Å²) in [6.07, 6.45) is 46.9. The summed E-state index contributed by atoms with van der Waals surface area (Å²) in [5, 5.41) is 0. The van der Waals surface area contributed by atoms with E-state index in [1.54, 1.807) is 0 Å². The van der Waals surface area contributed by atoms with Crippen molar-refractivity contribution in [3.8, 4) is 0 Å². The molecule has 0 aromatic heterocycles. The Labute approximate surface area is 380 Å². The highest BCUT2D eigenvalue weighted by Gasteiger charge is 2.19. The van der Waals surface area contributed by atoms with Crippen molar-refractivity contribution < 1.29 is 28.6 Å². The van der Waals surface area contributed by atoms with Gasteiger partial charge in [0.15, 0.2) is 6.10 Å². The van der Waals surface area contributed by atoms with Gasteiger partial charge in [0, 0.05) is 19.3 Å². The predicted molar refractivity (Wildman–Crippen MR) is 261 cm³/mol. The van der Waals surface area contributed by atoms with Gasteiger partial charge in [-0.25, -0.2) is 0 Å². The van der Waals surface area contributed by atoms with E-state index in [9.17, 15) is 14.4 Å². The third-order valence-electron chi connectivity index (χ3n) is 12.4. The van der Waals surface area contributed by atoms with Crippen LogP contribution in [0.3, 0.4) is 0 Å². The van der Waals surface area contributed by atoms with Gasteiger partial charge in [-0.2, -0.15) is 0 Å². The molecule has 0 aromatic rings. The Morgan fingerprint density at radius 1 is 0.279 bits per heavy atom. The van der Waals surface area contributed by atoms with Crippen LogP contribution < -0.4 is 0 Å². The average Bonchev–Trinajstić information content (AvgIpc) is 3.22. The summed E-state index contributed by atoms with van der Waals surface area (Å²) in [7, 11) is 0. The molecule has 0 aliphatic carbocycles. The molecule has 362 valence electrons. The molecule has 0 radical (unpaired) electrons. The number of esters is 3. The van der Waals surface area contributed by atoms with E-state index in [1.807, 2.05) is 0 Å². The van der Waals surface area contributed by atoms with Gasteiger partial charge in [-0.15, -0.1) is 0 Å². The molecule has 0 spiro atoms. The van der Waals surface area contributed by atoms with E-state index in [1.165, 1.54) is 180 Å². The molecule has 0 saturated heterocycles. The molecule has 0 unspecified atom stereocenters. The normalized spacial score (nSPS) is 12.1. The third kappa shape index (κ3) is 49.3. The van der Waals surface area contributed by atoms with Crippen LogP contribution in [0.2, 0.25) is 0 Å². The standard InChI is InChI=1S/C55H106O6/c1-49(2)41-35-29-23-19-15-13-11-9-7-8-10-12-14-16-22-26-34-40-46-55(58)61-52(48-60-54(57)45-39-33-28-27-31-37-43-51(5)6)47-59-53(56)44-38-32-25-21-18-17-20-24-30-36-42-50(3)4/h49-52H,7-48H2,1-6H3/t52-/m1/s1. The lowest BCUT2D eigenvalue weighted by Crippen LogP contribution is -2.30. The van der Waals surface area contributed by atoms with Crippen molar-refractivity contribution in [1.29, 1.82) is 0 Å². The van der Waals surface area contributed by atoms with Crippen LogP contribution in [-0.2, 0) is 28.6 Å². The zero-order chi connectivity index (χ0) is 44.9. The monoisotopic (exact) mass is 863 g/mol. The van der Waals surface area contributed by atoms with E-state index >= 15 is 0 Å². The summed E-state index contributed by atoms with van der Waals surface area (Å²) in [6, 6.07) is 0. The Morgan fingerprint density at radius 2 is 0.475 bits per heavy atom. The molecule has 0 amide bonds. The van der Waals surface area contributed by atoms with Crippen LogP contribution in [0.1, 0.15) is 298 Å². The number of carbonyl (C=O) groups is 3. The van der Waals surface area contributed by atoms with Gasteiger partial charge in [-0.1, -0.05) is 260 Å². The fraction of sp³-hybridized carbons (Fsp3) is 0.945. The Bertz CT molecular complexity index is 945. The van der Waals surface area contributed by atoms with Crippen LogP contribution in [0.25, 0.3) is 0 Å². The first kappa shape index (κ1) is 59.4. The average molecular weight is 863 g/mol. The summed E-state index contributed by atoms with van der Waals surface area (Å²) in [4.78, 5) is 37.9. The number of unbranched alkanes of at least 4 members (excludes halogenated alkanes) is 31. The molecule has 0 aliphatic heterocycles. The lowest BCUT2D eigenvalue weighted by molar-refractivity contribution is -0.167. The molecule has 1 atom stereocenters.